The maximum Gasteiger partial charge on any atom is 3.00 e. The average Bonchev–Trinajstić information content (AvgIpc) is 3.59. The van der Waals surface area contributed by atoms with E-state index in [0.29, 0.717) is 16.9 Å². The molecule has 2 aromatic heterocycles. The van der Waals surface area contributed by atoms with Crippen molar-refractivity contribution >= 4 is 44.2 Å². The molecule has 6 aromatic rings. The fourth-order valence-corrected chi connectivity index (χ4v) is 5.22. The number of non-ortho nitro benzene ring substituents is 1. The molecule has 23 heteroatoms. The summed E-state index contributed by atoms with van der Waals surface area (Å²) in [7, 11) is -4.64. The predicted molar refractivity (Wildman–Crippen MR) is 189 cm³/mol. The Kier molecular flexibility index (Phi) is 12.6. The predicted octanol–water partition coefficient (Wildman–Crippen LogP) is 4.44. The van der Waals surface area contributed by atoms with Gasteiger partial charge in [0.2, 0.25) is 0 Å². The summed E-state index contributed by atoms with van der Waals surface area (Å²) in [5.41, 5.74) is -1.12. The molecule has 0 atom stereocenters. The largest absolute Gasteiger partial charge is 3.00 e. The minimum Gasteiger partial charge on any atom is -0.871 e. The van der Waals surface area contributed by atoms with E-state index in [2.05, 4.69) is 30.7 Å². The SMILES string of the molecule is Cc1[n-]n(-c2ccccc2)c(=O)c1N=Nc1ccc([N+](=O)[O-])cc1[O-].Cc1cc(N=Nc2c(C)[n-]n(-c3ccc(S(=O)(=O)[O-])cc3)c2=O)c([O-])c([N+](=O)[O-])c1.[Cr+3].[H+].[H+]. The number of para-hydroxylation sites is 1. The monoisotopic (exact) mass is 821 g/mol. The molecule has 0 spiro atoms. The number of benzene rings is 4. The zero-order chi connectivity index (χ0) is 40.2. The Hall–Kier alpha value is -7.06. The summed E-state index contributed by atoms with van der Waals surface area (Å²) in [5, 5.41) is 68.7. The van der Waals surface area contributed by atoms with Crippen molar-refractivity contribution in [2.75, 3.05) is 0 Å². The standard InChI is InChI=1S/C17H15N5O7S.C16H13N5O4.Cr/c1-9-7-13(16(23)14(8-9)22(25)26)18-19-15-10(2)20-21(17(15)24)11-3-5-12(6-4-11)30(27,28)29;1-10-15(16(23)20(19-10)11-5-3-2-4-6-11)18-17-13-8-7-12(21(24)25)9-14(13)22;/h3-8H,1-2H3,(H3,18,19,20,23,24,27,28,29);2-9H,1H3,(H2,17,18,19,22,23);/q;;+3/p-3. The molecule has 2 heterocycles. The molecule has 0 unspecified atom stereocenters. The number of rotatable bonds is 9. The zero-order valence-electron chi connectivity index (χ0n) is 30.9. The van der Waals surface area contributed by atoms with Crippen molar-refractivity contribution in [3.63, 3.8) is 0 Å². The first kappa shape index (κ1) is 41.7. The van der Waals surface area contributed by atoms with Gasteiger partial charge in [-0.1, -0.05) is 37.8 Å². The van der Waals surface area contributed by atoms with Crippen LogP contribution < -0.4 is 31.5 Å². The molecule has 0 saturated heterocycles. The Labute approximate surface area is 328 Å². The number of azo groups is 2. The first-order valence-corrected chi connectivity index (χ1v) is 16.8. The van der Waals surface area contributed by atoms with Crippen LogP contribution in [0.4, 0.5) is 34.1 Å². The van der Waals surface area contributed by atoms with E-state index < -0.39 is 53.2 Å². The van der Waals surface area contributed by atoms with Crippen LogP contribution in [0.25, 0.3) is 11.4 Å². The van der Waals surface area contributed by atoms with Crippen molar-refractivity contribution in [1.82, 2.24) is 19.6 Å². The van der Waals surface area contributed by atoms with E-state index in [1.807, 2.05) is 6.07 Å². The molecule has 285 valence electrons. The van der Waals surface area contributed by atoms with Crippen molar-refractivity contribution in [3.8, 4) is 22.9 Å². The van der Waals surface area contributed by atoms with E-state index in [4.69, 9.17) is 0 Å². The third-order valence-corrected chi connectivity index (χ3v) is 8.26. The Morgan fingerprint density at radius 3 is 1.68 bits per heavy atom. The van der Waals surface area contributed by atoms with E-state index >= 15 is 0 Å². The normalized spacial score (nSPS) is 11.3. The summed E-state index contributed by atoms with van der Waals surface area (Å²) in [6.45, 7) is 4.60. The summed E-state index contributed by atoms with van der Waals surface area (Å²) in [4.78, 5) is 44.6. The Morgan fingerprint density at radius 2 is 1.20 bits per heavy atom. The molecule has 0 aliphatic rings. The van der Waals surface area contributed by atoms with E-state index in [0.717, 1.165) is 35.0 Å². The van der Waals surface area contributed by atoms with Crippen molar-refractivity contribution in [1.29, 1.82) is 0 Å². The summed E-state index contributed by atoms with van der Waals surface area (Å²) in [6.07, 6.45) is 0. The van der Waals surface area contributed by atoms with Gasteiger partial charge in [-0.05, 0) is 61.0 Å². The quantitative estimate of drug-likeness (QED) is 0.0844. The third kappa shape index (κ3) is 9.17. The van der Waals surface area contributed by atoms with Crippen LogP contribution in [0, 0.1) is 41.0 Å². The second kappa shape index (κ2) is 17.0. The van der Waals surface area contributed by atoms with Crippen LogP contribution >= 0.6 is 0 Å². The Morgan fingerprint density at radius 1 is 0.679 bits per heavy atom. The second-order valence-corrected chi connectivity index (χ2v) is 12.7. The van der Waals surface area contributed by atoms with Gasteiger partial charge in [-0.2, -0.15) is 10.2 Å². The smallest absolute Gasteiger partial charge is 0.871 e. The topological polar surface area (TPSA) is 311 Å². The molecule has 0 saturated carbocycles. The number of nitro groups is 2. The fraction of sp³-hybridized carbons (Fsp3) is 0.0909. The number of hydrogen-bond acceptors (Lipinski definition) is 15. The number of aryl methyl sites for hydroxylation is 3. The van der Waals surface area contributed by atoms with Crippen molar-refractivity contribution in [2.45, 2.75) is 25.7 Å². The maximum absolute atomic E-state index is 12.6. The number of nitro benzene ring substituents is 2. The second-order valence-electron chi connectivity index (χ2n) is 11.3. The van der Waals surface area contributed by atoms with Gasteiger partial charge in [-0.3, -0.25) is 29.8 Å². The van der Waals surface area contributed by atoms with E-state index in [9.17, 15) is 53.0 Å². The fourth-order valence-electron chi connectivity index (χ4n) is 4.75. The number of hydrogen-bond donors (Lipinski definition) is 0. The number of aromatic nitrogens is 4. The van der Waals surface area contributed by atoms with Crippen LogP contribution in [-0.4, -0.2) is 32.2 Å². The maximum atomic E-state index is 12.6. The molecular formula is C33H25CrN10O11S. The molecule has 56 heavy (non-hydrogen) atoms. The molecule has 21 nitrogen and oxygen atoms in total. The van der Waals surface area contributed by atoms with Crippen molar-refractivity contribution < 1.29 is 53.2 Å². The summed E-state index contributed by atoms with van der Waals surface area (Å²) >= 11 is 0. The average molecular weight is 822 g/mol. The molecule has 0 fully saturated rings. The van der Waals surface area contributed by atoms with Gasteiger partial charge in [0, 0.05) is 35.3 Å². The first-order valence-electron chi connectivity index (χ1n) is 15.4. The van der Waals surface area contributed by atoms with Gasteiger partial charge in [-0.25, -0.2) is 8.42 Å². The molecule has 0 bridgehead atoms. The van der Waals surface area contributed by atoms with Crippen LogP contribution in [0.2, 0.25) is 0 Å². The molecule has 4 aromatic carbocycles. The Bertz CT molecular complexity index is 2750. The summed E-state index contributed by atoms with van der Waals surface area (Å²) < 4.78 is 35.1. The van der Waals surface area contributed by atoms with Crippen molar-refractivity contribution in [2.24, 2.45) is 20.5 Å². The molecule has 1 radical (unpaired) electrons. The van der Waals surface area contributed by atoms with Gasteiger partial charge >= 0.3 is 20.2 Å². The number of nitrogens with zero attached hydrogens (tertiary/aromatic N) is 10. The molecule has 0 aliphatic carbocycles. The minimum atomic E-state index is -4.64. The van der Waals surface area contributed by atoms with Crippen LogP contribution in [-0.2, 0) is 27.5 Å². The van der Waals surface area contributed by atoms with Gasteiger partial charge in [-0.15, -0.1) is 21.6 Å². The molecule has 0 N–H and O–H groups in total. The van der Waals surface area contributed by atoms with E-state index in [1.54, 1.807) is 38.1 Å². The van der Waals surface area contributed by atoms with Crippen LogP contribution in [0.1, 0.15) is 19.8 Å². The van der Waals surface area contributed by atoms with Crippen LogP contribution in [0.5, 0.6) is 11.5 Å². The summed E-state index contributed by atoms with van der Waals surface area (Å²) in [6, 6.07) is 18.9. The zero-order valence-corrected chi connectivity index (χ0v) is 31.0. The van der Waals surface area contributed by atoms with Gasteiger partial charge in [0.15, 0.2) is 0 Å². The summed E-state index contributed by atoms with van der Waals surface area (Å²) in [5.74, 6) is -1.60. The van der Waals surface area contributed by atoms with E-state index in [-0.39, 0.29) is 60.0 Å². The third-order valence-electron chi connectivity index (χ3n) is 7.41. The Balaban J connectivity index is 0.000000386. The van der Waals surface area contributed by atoms with Crippen LogP contribution in [0.3, 0.4) is 0 Å². The van der Waals surface area contributed by atoms with Crippen molar-refractivity contribution in [3.05, 3.63) is 143 Å². The van der Waals surface area contributed by atoms with Gasteiger partial charge in [0.05, 0.1) is 26.1 Å². The molecule has 0 amide bonds. The van der Waals surface area contributed by atoms with E-state index in [1.165, 1.54) is 35.9 Å². The molecule has 6 rings (SSSR count). The molecule has 0 aliphatic heterocycles. The van der Waals surface area contributed by atoms with Gasteiger partial charge in [0.25, 0.3) is 22.5 Å². The van der Waals surface area contributed by atoms with Gasteiger partial charge in [0.1, 0.15) is 21.5 Å². The van der Waals surface area contributed by atoms with Crippen LogP contribution in [0.15, 0.2) is 120 Å². The first-order chi connectivity index (χ1) is 26.0. The molecular weight excluding hydrogens is 796 g/mol. The van der Waals surface area contributed by atoms with Gasteiger partial charge < -0.3 is 34.3 Å². The minimum absolute atomic E-state index is 0.